The molecule has 30 heavy (non-hydrogen) atoms. The number of aromatic nitrogens is 3. The van der Waals surface area contributed by atoms with Gasteiger partial charge in [0.25, 0.3) is 5.91 Å². The van der Waals surface area contributed by atoms with Crippen molar-refractivity contribution in [3.8, 4) is 5.75 Å². The minimum Gasteiger partial charge on any atom is -0.496 e. The fourth-order valence-corrected chi connectivity index (χ4v) is 3.67. The van der Waals surface area contributed by atoms with Crippen LogP contribution < -0.4 is 4.74 Å². The maximum Gasteiger partial charge on any atom is 0.272 e. The molecule has 150 valence electrons. The van der Waals surface area contributed by atoms with Crippen molar-refractivity contribution in [1.82, 2.24) is 20.0 Å². The number of fused-ring (bicyclic) bond motifs is 1. The second-order valence-corrected chi connectivity index (χ2v) is 7.33. The molecule has 0 spiro atoms. The monoisotopic (exact) mass is 400 g/mol. The molecule has 4 aromatic rings. The third-order valence-electron chi connectivity index (χ3n) is 5.36. The van der Waals surface area contributed by atoms with Crippen LogP contribution in [0, 0.1) is 0 Å². The van der Waals surface area contributed by atoms with Crippen LogP contribution in [-0.4, -0.2) is 46.1 Å². The molecule has 2 aromatic heterocycles. The van der Waals surface area contributed by atoms with E-state index >= 15 is 0 Å². The van der Waals surface area contributed by atoms with Gasteiger partial charge in [0, 0.05) is 30.5 Å². The molecule has 0 atom stereocenters. The van der Waals surface area contributed by atoms with Gasteiger partial charge in [-0.2, -0.15) is 4.98 Å². The lowest BCUT2D eigenvalue weighted by Gasteiger charge is -2.36. The highest BCUT2D eigenvalue weighted by molar-refractivity contribution is 5.95. The average molecular weight is 400 g/mol. The summed E-state index contributed by atoms with van der Waals surface area (Å²) in [6, 6.07) is 19.2. The number of carbonyl (C=O) groups is 1. The van der Waals surface area contributed by atoms with E-state index in [-0.39, 0.29) is 11.8 Å². The van der Waals surface area contributed by atoms with Gasteiger partial charge >= 0.3 is 0 Å². The Morgan fingerprint density at radius 1 is 1.07 bits per heavy atom. The molecule has 0 aliphatic carbocycles. The van der Waals surface area contributed by atoms with Gasteiger partial charge in [-0.15, -0.1) is 0 Å². The number of para-hydroxylation sites is 2. The Kier molecular flexibility index (Phi) is 4.63. The molecule has 0 radical (unpaired) electrons. The molecule has 2 aromatic carbocycles. The second-order valence-electron chi connectivity index (χ2n) is 7.33. The van der Waals surface area contributed by atoms with Crippen molar-refractivity contribution >= 4 is 16.8 Å². The Labute approximate surface area is 173 Å². The van der Waals surface area contributed by atoms with Gasteiger partial charge in [0.2, 0.25) is 5.89 Å². The number of methoxy groups -OCH3 is 1. The van der Waals surface area contributed by atoms with E-state index in [0.717, 1.165) is 22.2 Å². The van der Waals surface area contributed by atoms with E-state index in [1.165, 1.54) is 0 Å². The van der Waals surface area contributed by atoms with Crippen LogP contribution in [0.2, 0.25) is 0 Å². The Morgan fingerprint density at radius 2 is 1.87 bits per heavy atom. The summed E-state index contributed by atoms with van der Waals surface area (Å²) in [6.07, 6.45) is 0.532. The predicted molar refractivity (Wildman–Crippen MR) is 110 cm³/mol. The first-order valence-corrected chi connectivity index (χ1v) is 9.80. The quantitative estimate of drug-likeness (QED) is 0.510. The number of hydrogen-bond donors (Lipinski definition) is 0. The van der Waals surface area contributed by atoms with Crippen molar-refractivity contribution in [3.05, 3.63) is 83.6 Å². The number of hydrogen-bond acceptors (Lipinski definition) is 6. The molecule has 1 aliphatic rings. The molecule has 1 saturated heterocycles. The van der Waals surface area contributed by atoms with Crippen LogP contribution in [0.25, 0.3) is 10.9 Å². The van der Waals surface area contributed by atoms with E-state index in [2.05, 4.69) is 15.1 Å². The first-order valence-electron chi connectivity index (χ1n) is 9.80. The van der Waals surface area contributed by atoms with Crippen molar-refractivity contribution in [2.75, 3.05) is 20.2 Å². The predicted octanol–water partition coefficient (Wildman–Crippen LogP) is 3.46. The number of nitrogens with zero attached hydrogens (tertiary/aromatic N) is 4. The highest BCUT2D eigenvalue weighted by Crippen LogP contribution is 2.28. The summed E-state index contributed by atoms with van der Waals surface area (Å²) in [4.78, 5) is 23.5. The van der Waals surface area contributed by atoms with Crippen LogP contribution in [0.1, 0.15) is 33.7 Å². The van der Waals surface area contributed by atoms with Gasteiger partial charge in [-0.1, -0.05) is 47.6 Å². The van der Waals surface area contributed by atoms with Crippen LogP contribution in [0.4, 0.5) is 0 Å². The van der Waals surface area contributed by atoms with E-state index in [1.807, 2.05) is 54.6 Å². The topological polar surface area (TPSA) is 81.4 Å². The molecule has 0 bridgehead atoms. The highest BCUT2D eigenvalue weighted by atomic mass is 16.5. The van der Waals surface area contributed by atoms with Gasteiger partial charge in [0.05, 0.1) is 18.5 Å². The molecule has 1 fully saturated rings. The van der Waals surface area contributed by atoms with Crippen molar-refractivity contribution in [2.45, 2.75) is 12.3 Å². The number of benzene rings is 2. The van der Waals surface area contributed by atoms with Gasteiger partial charge in [-0.3, -0.25) is 4.79 Å². The van der Waals surface area contributed by atoms with Crippen LogP contribution in [0.5, 0.6) is 5.75 Å². The molecule has 3 heterocycles. The normalized spacial score (nSPS) is 14.0. The van der Waals surface area contributed by atoms with Crippen molar-refractivity contribution in [3.63, 3.8) is 0 Å². The Balaban J connectivity index is 1.24. The van der Waals surface area contributed by atoms with Crippen LogP contribution in [0.15, 0.2) is 65.2 Å². The maximum absolute atomic E-state index is 12.7. The van der Waals surface area contributed by atoms with Gasteiger partial charge < -0.3 is 14.2 Å². The van der Waals surface area contributed by atoms with Crippen LogP contribution in [0.3, 0.4) is 0 Å². The molecule has 1 amide bonds. The summed E-state index contributed by atoms with van der Waals surface area (Å²) in [6.45, 7) is 1.09. The van der Waals surface area contributed by atoms with Crippen molar-refractivity contribution < 1.29 is 14.1 Å². The summed E-state index contributed by atoms with van der Waals surface area (Å²) in [5.41, 5.74) is 2.27. The Hall–Kier alpha value is -3.74. The number of amides is 1. The molecule has 1 aliphatic heterocycles. The molecule has 0 unspecified atom stereocenters. The summed E-state index contributed by atoms with van der Waals surface area (Å²) in [5, 5.41) is 5.11. The maximum atomic E-state index is 12.7. The van der Waals surface area contributed by atoms with Crippen molar-refractivity contribution in [1.29, 1.82) is 0 Å². The zero-order chi connectivity index (χ0) is 20.5. The lowest BCUT2D eigenvalue weighted by Crippen LogP contribution is -2.48. The molecule has 7 nitrogen and oxygen atoms in total. The standard InChI is InChI=1S/C23H20N4O3/c1-29-20-9-5-3-7-16(20)12-21-25-22(30-26-21)17-13-27(14-17)23(28)19-11-10-15-6-2-4-8-18(15)24-19/h2-11,17H,12-14H2,1H3. The third kappa shape index (κ3) is 3.39. The fourth-order valence-electron chi connectivity index (χ4n) is 3.67. The zero-order valence-corrected chi connectivity index (χ0v) is 16.5. The summed E-state index contributed by atoms with van der Waals surface area (Å²) in [7, 11) is 1.64. The molecule has 0 saturated carbocycles. The highest BCUT2D eigenvalue weighted by Gasteiger charge is 2.36. The fraction of sp³-hybridized carbons (Fsp3) is 0.217. The van der Waals surface area contributed by atoms with Crippen LogP contribution in [-0.2, 0) is 6.42 Å². The van der Waals surface area contributed by atoms with Gasteiger partial charge in [-0.05, 0) is 18.2 Å². The summed E-state index contributed by atoms with van der Waals surface area (Å²) < 4.78 is 10.8. The van der Waals surface area contributed by atoms with E-state index in [1.54, 1.807) is 18.1 Å². The number of rotatable bonds is 5. The second kappa shape index (κ2) is 7.59. The minimum atomic E-state index is -0.0780. The number of ether oxygens (including phenoxy) is 1. The van der Waals surface area contributed by atoms with Gasteiger partial charge in [0.1, 0.15) is 11.4 Å². The SMILES string of the molecule is COc1ccccc1Cc1noc(C2CN(C(=O)c3ccc4ccccc4n3)C2)n1. The van der Waals surface area contributed by atoms with E-state index < -0.39 is 0 Å². The average Bonchev–Trinajstić information content (AvgIpc) is 3.20. The minimum absolute atomic E-state index is 0.0494. The lowest BCUT2D eigenvalue weighted by atomic mass is 9.99. The number of likely N-dealkylation sites (tertiary alicyclic amines) is 1. The summed E-state index contributed by atoms with van der Waals surface area (Å²) >= 11 is 0. The van der Waals surface area contributed by atoms with Crippen LogP contribution >= 0.6 is 0 Å². The lowest BCUT2D eigenvalue weighted by molar-refractivity contribution is 0.0563. The zero-order valence-electron chi connectivity index (χ0n) is 16.5. The van der Waals surface area contributed by atoms with E-state index in [4.69, 9.17) is 9.26 Å². The largest absolute Gasteiger partial charge is 0.496 e. The Bertz CT molecular complexity index is 1210. The number of carbonyl (C=O) groups excluding carboxylic acids is 1. The molecule has 5 rings (SSSR count). The number of pyridine rings is 1. The van der Waals surface area contributed by atoms with Crippen molar-refractivity contribution in [2.24, 2.45) is 0 Å². The smallest absolute Gasteiger partial charge is 0.272 e. The van der Waals surface area contributed by atoms with E-state index in [9.17, 15) is 4.79 Å². The Morgan fingerprint density at radius 3 is 2.73 bits per heavy atom. The molecular weight excluding hydrogens is 380 g/mol. The summed E-state index contributed by atoms with van der Waals surface area (Å²) in [5.74, 6) is 1.94. The first-order chi connectivity index (χ1) is 14.7. The first kappa shape index (κ1) is 18.3. The van der Waals surface area contributed by atoms with Gasteiger partial charge in [0.15, 0.2) is 5.82 Å². The van der Waals surface area contributed by atoms with E-state index in [0.29, 0.717) is 36.9 Å². The molecular formula is C23H20N4O3. The van der Waals surface area contributed by atoms with Gasteiger partial charge in [-0.25, -0.2) is 4.98 Å². The molecule has 0 N–H and O–H groups in total. The third-order valence-corrected chi connectivity index (χ3v) is 5.36. The molecule has 7 heteroatoms.